The van der Waals surface area contributed by atoms with Gasteiger partial charge in [0.25, 0.3) is 0 Å². The first-order valence-corrected chi connectivity index (χ1v) is 14.5. The molecule has 0 unspecified atom stereocenters. The molecule has 6 heteroatoms. The molecule has 0 saturated carbocycles. The van der Waals surface area contributed by atoms with Crippen molar-refractivity contribution in [2.24, 2.45) is 5.92 Å². The predicted octanol–water partition coefficient (Wildman–Crippen LogP) is 6.52. The highest BCUT2D eigenvalue weighted by Gasteiger charge is 2.26. The number of aromatic nitrogens is 1. The first-order valence-electron chi connectivity index (χ1n) is 14.1. The van der Waals surface area contributed by atoms with E-state index in [2.05, 4.69) is 52.0 Å². The number of ether oxygens (including phenoxy) is 1. The standard InChI is InChI=1S/C33H40ClN3O2/c1-4-36(20-24-9-12-27(34)13-10-24)21-25-15-18-37(22-25)17-6-8-28-29-7-5-16-35-31(29)23-39-32-14-11-26(19-30(28)32)33(2,3)38/h5,7-14,16,19,25,38H,4,6,15,17-18,20-23H2,1-3H3/b28-8+/t25-/m0/s1. The number of likely N-dealkylation sites (tertiary alicyclic amines) is 1. The lowest BCUT2D eigenvalue weighted by molar-refractivity contribution is 0.0785. The fourth-order valence-corrected chi connectivity index (χ4v) is 5.86. The molecule has 5 rings (SSSR count). The van der Waals surface area contributed by atoms with Crippen LogP contribution in [0.5, 0.6) is 5.75 Å². The van der Waals surface area contributed by atoms with Crippen LogP contribution in [0.15, 0.2) is 66.9 Å². The van der Waals surface area contributed by atoms with Crippen LogP contribution in [0, 0.1) is 5.92 Å². The van der Waals surface area contributed by atoms with Crippen molar-refractivity contribution in [2.45, 2.75) is 52.4 Å². The molecule has 0 radical (unpaired) electrons. The van der Waals surface area contributed by atoms with Crippen LogP contribution in [-0.4, -0.2) is 52.6 Å². The Kier molecular flexibility index (Phi) is 8.73. The number of rotatable bonds is 9. The summed E-state index contributed by atoms with van der Waals surface area (Å²) in [5, 5.41) is 11.5. The molecule has 0 aliphatic carbocycles. The Hall–Kier alpha value is -2.70. The number of fused-ring (bicyclic) bond motifs is 2. The van der Waals surface area contributed by atoms with Crippen molar-refractivity contribution < 1.29 is 9.84 Å². The zero-order valence-electron chi connectivity index (χ0n) is 23.4. The molecule has 0 amide bonds. The van der Waals surface area contributed by atoms with Crippen LogP contribution in [0.2, 0.25) is 5.02 Å². The first-order chi connectivity index (χ1) is 18.8. The highest BCUT2D eigenvalue weighted by molar-refractivity contribution is 6.30. The maximum absolute atomic E-state index is 10.7. The predicted molar refractivity (Wildman–Crippen MR) is 159 cm³/mol. The van der Waals surface area contributed by atoms with E-state index in [0.717, 1.165) is 84.4 Å². The van der Waals surface area contributed by atoms with Crippen LogP contribution in [0.1, 0.15) is 61.6 Å². The summed E-state index contributed by atoms with van der Waals surface area (Å²) in [5.41, 5.74) is 5.52. The van der Waals surface area contributed by atoms with Crippen LogP contribution in [0.25, 0.3) is 5.57 Å². The minimum Gasteiger partial charge on any atom is -0.487 e. The van der Waals surface area contributed by atoms with E-state index in [-0.39, 0.29) is 0 Å². The molecular weight excluding hydrogens is 506 g/mol. The van der Waals surface area contributed by atoms with Crippen LogP contribution in [0.3, 0.4) is 0 Å². The summed E-state index contributed by atoms with van der Waals surface area (Å²) in [6, 6.07) is 18.4. The largest absolute Gasteiger partial charge is 0.487 e. The Morgan fingerprint density at radius 3 is 2.74 bits per heavy atom. The molecule has 2 aliphatic rings. The van der Waals surface area contributed by atoms with Crippen molar-refractivity contribution in [2.75, 3.05) is 32.7 Å². The number of benzene rings is 2. The first kappa shape index (κ1) is 27.9. The molecule has 39 heavy (non-hydrogen) atoms. The molecule has 2 aliphatic heterocycles. The summed E-state index contributed by atoms with van der Waals surface area (Å²) in [6.45, 7) is 12.8. The molecule has 0 spiro atoms. The van der Waals surface area contributed by atoms with Crippen LogP contribution < -0.4 is 4.74 Å². The van der Waals surface area contributed by atoms with Crippen molar-refractivity contribution in [1.82, 2.24) is 14.8 Å². The number of halogens is 1. The summed E-state index contributed by atoms with van der Waals surface area (Å²) >= 11 is 6.07. The number of hydrogen-bond donors (Lipinski definition) is 1. The molecule has 3 heterocycles. The van der Waals surface area contributed by atoms with Gasteiger partial charge in [0.1, 0.15) is 12.4 Å². The second-order valence-electron chi connectivity index (χ2n) is 11.4. The lowest BCUT2D eigenvalue weighted by Gasteiger charge is -2.24. The van der Waals surface area contributed by atoms with Gasteiger partial charge in [-0.3, -0.25) is 9.88 Å². The van der Waals surface area contributed by atoms with E-state index in [9.17, 15) is 5.11 Å². The van der Waals surface area contributed by atoms with Crippen LogP contribution in [-0.2, 0) is 18.8 Å². The Morgan fingerprint density at radius 1 is 1.15 bits per heavy atom. The van der Waals surface area contributed by atoms with Gasteiger partial charge in [0.15, 0.2) is 0 Å². The normalized spacial score (nSPS) is 18.6. The third kappa shape index (κ3) is 6.90. The van der Waals surface area contributed by atoms with Gasteiger partial charge >= 0.3 is 0 Å². The summed E-state index contributed by atoms with van der Waals surface area (Å²) in [5.74, 6) is 1.53. The quantitative estimate of drug-likeness (QED) is 0.332. The highest BCUT2D eigenvalue weighted by Crippen LogP contribution is 2.38. The highest BCUT2D eigenvalue weighted by atomic mass is 35.5. The molecule has 3 aromatic rings. The van der Waals surface area contributed by atoms with E-state index in [1.54, 1.807) is 0 Å². The maximum Gasteiger partial charge on any atom is 0.131 e. The van der Waals surface area contributed by atoms with Gasteiger partial charge in [-0.2, -0.15) is 0 Å². The lowest BCUT2D eigenvalue weighted by Crippen LogP contribution is -2.31. The topological polar surface area (TPSA) is 48.8 Å². The van der Waals surface area contributed by atoms with E-state index in [0.29, 0.717) is 12.5 Å². The molecule has 1 atom stereocenters. The van der Waals surface area contributed by atoms with Gasteiger partial charge in [0, 0.05) is 48.5 Å². The van der Waals surface area contributed by atoms with Gasteiger partial charge in [-0.25, -0.2) is 0 Å². The fraction of sp³-hybridized carbons (Fsp3) is 0.424. The number of nitrogens with zero attached hydrogens (tertiary/aromatic N) is 3. The molecule has 5 nitrogen and oxygen atoms in total. The van der Waals surface area contributed by atoms with Crippen LogP contribution >= 0.6 is 11.6 Å². The van der Waals surface area contributed by atoms with Crippen LogP contribution in [0.4, 0.5) is 0 Å². The molecule has 1 fully saturated rings. The average Bonchev–Trinajstić information content (AvgIpc) is 3.31. The van der Waals surface area contributed by atoms with E-state index in [4.69, 9.17) is 16.3 Å². The minimum atomic E-state index is -0.922. The Balaban J connectivity index is 1.26. The molecular formula is C33H40ClN3O2. The van der Waals surface area contributed by atoms with Gasteiger partial charge in [0.05, 0.1) is 11.3 Å². The number of aliphatic hydroxyl groups is 1. The van der Waals surface area contributed by atoms with E-state index >= 15 is 0 Å². The fourth-order valence-electron chi connectivity index (χ4n) is 5.73. The molecule has 1 N–H and O–H groups in total. The number of pyridine rings is 1. The van der Waals surface area contributed by atoms with Crippen molar-refractivity contribution in [3.8, 4) is 5.75 Å². The summed E-state index contributed by atoms with van der Waals surface area (Å²) in [6.07, 6.45) is 6.36. The summed E-state index contributed by atoms with van der Waals surface area (Å²) in [7, 11) is 0. The smallest absolute Gasteiger partial charge is 0.131 e. The average molecular weight is 546 g/mol. The SMILES string of the molecule is CCN(Cc1ccc(Cl)cc1)C[C@@H]1CCN(CC/C=C2/c3cc(C(C)(C)O)ccc3OCc3ncccc32)C1. The number of hydrogen-bond acceptors (Lipinski definition) is 5. The third-order valence-corrected chi connectivity index (χ3v) is 8.22. The monoisotopic (exact) mass is 545 g/mol. The summed E-state index contributed by atoms with van der Waals surface area (Å²) < 4.78 is 6.16. The second-order valence-corrected chi connectivity index (χ2v) is 11.8. The van der Waals surface area contributed by atoms with Crippen molar-refractivity contribution in [3.05, 3.63) is 99.8 Å². The minimum absolute atomic E-state index is 0.445. The van der Waals surface area contributed by atoms with E-state index in [1.807, 2.05) is 50.4 Å². The third-order valence-electron chi connectivity index (χ3n) is 7.97. The Labute approximate surface area is 238 Å². The molecule has 2 aromatic carbocycles. The summed E-state index contributed by atoms with van der Waals surface area (Å²) in [4.78, 5) is 9.76. The molecule has 1 aromatic heterocycles. The Morgan fingerprint density at radius 2 is 1.97 bits per heavy atom. The molecule has 206 valence electrons. The van der Waals surface area contributed by atoms with Gasteiger partial charge in [-0.1, -0.05) is 48.9 Å². The van der Waals surface area contributed by atoms with Gasteiger partial charge in [0.2, 0.25) is 0 Å². The van der Waals surface area contributed by atoms with E-state index < -0.39 is 5.60 Å². The second kappa shape index (κ2) is 12.2. The molecule has 1 saturated heterocycles. The van der Waals surface area contributed by atoms with Crippen molar-refractivity contribution >= 4 is 17.2 Å². The zero-order valence-corrected chi connectivity index (χ0v) is 24.1. The van der Waals surface area contributed by atoms with Gasteiger partial charge in [-0.05, 0) is 92.7 Å². The van der Waals surface area contributed by atoms with Gasteiger partial charge in [-0.15, -0.1) is 0 Å². The lowest BCUT2D eigenvalue weighted by atomic mass is 9.90. The zero-order chi connectivity index (χ0) is 27.4. The van der Waals surface area contributed by atoms with Crippen molar-refractivity contribution in [1.29, 1.82) is 0 Å². The van der Waals surface area contributed by atoms with E-state index in [1.165, 1.54) is 12.0 Å². The molecule has 0 bridgehead atoms. The Bertz CT molecular complexity index is 1300. The van der Waals surface area contributed by atoms with Gasteiger partial charge < -0.3 is 14.7 Å². The van der Waals surface area contributed by atoms with Crippen molar-refractivity contribution in [3.63, 3.8) is 0 Å². The maximum atomic E-state index is 10.7.